The predicted octanol–water partition coefficient (Wildman–Crippen LogP) is 2.16. The third-order valence-electron chi connectivity index (χ3n) is 5.77. The third-order valence-corrected chi connectivity index (χ3v) is 5.77. The van der Waals surface area contributed by atoms with Crippen molar-refractivity contribution in [1.82, 2.24) is 19.8 Å². The number of likely N-dealkylation sites (tertiary alicyclic amines) is 2. The van der Waals surface area contributed by atoms with Crippen molar-refractivity contribution in [3.05, 3.63) is 42.2 Å². The van der Waals surface area contributed by atoms with Gasteiger partial charge in [0.25, 0.3) is 5.91 Å². The van der Waals surface area contributed by atoms with Gasteiger partial charge >= 0.3 is 0 Å². The van der Waals surface area contributed by atoms with Crippen LogP contribution in [0.1, 0.15) is 35.4 Å². The number of carbonyl (C=O) groups is 2. The van der Waals surface area contributed by atoms with Crippen molar-refractivity contribution in [3.63, 3.8) is 0 Å². The minimum absolute atomic E-state index is 0.0353. The molecule has 2 aliphatic rings. The molecule has 1 unspecified atom stereocenters. The maximum absolute atomic E-state index is 12.6. The number of aromatic nitrogens is 2. The smallest absolute Gasteiger partial charge is 0.257 e. The number of nitrogens with zero attached hydrogens (tertiary/aromatic N) is 4. The molecule has 2 amide bonds. The Balaban J connectivity index is 1.22. The molecule has 2 aliphatic heterocycles. The number of hydrogen-bond acceptors (Lipinski definition) is 6. The summed E-state index contributed by atoms with van der Waals surface area (Å²) >= 11 is 0. The first-order valence-corrected chi connectivity index (χ1v) is 10.1. The summed E-state index contributed by atoms with van der Waals surface area (Å²) in [4.78, 5) is 36.9. The van der Waals surface area contributed by atoms with Gasteiger partial charge in [0.05, 0.1) is 24.6 Å². The molecule has 8 heteroatoms. The molecule has 2 saturated heterocycles. The Labute approximate surface area is 169 Å². The molecule has 8 nitrogen and oxygen atoms in total. The number of hydrogen-bond donors (Lipinski definition) is 0. The Bertz CT molecular complexity index is 845. The standard InChI is InChI=1S/C21H26N4O4/c1-15-18(4-9-28-15)21(27)24-7-2-16(3-8-24)12-25-13-17(10-20(25)26)14-29-19-11-22-5-6-23-19/h4-6,9,11,16-17H,2-3,7-8,10,12-14H2,1H3. The van der Waals surface area contributed by atoms with Gasteiger partial charge in [-0.15, -0.1) is 0 Å². The SMILES string of the molecule is Cc1occc1C(=O)N1CCC(CN2CC(COc3cnccn3)CC2=O)CC1. The quantitative estimate of drug-likeness (QED) is 0.741. The van der Waals surface area contributed by atoms with Gasteiger partial charge in [-0.2, -0.15) is 0 Å². The average molecular weight is 398 g/mol. The van der Waals surface area contributed by atoms with Crippen LogP contribution in [0.2, 0.25) is 0 Å². The summed E-state index contributed by atoms with van der Waals surface area (Å²) in [7, 11) is 0. The summed E-state index contributed by atoms with van der Waals surface area (Å²) < 4.78 is 10.9. The number of piperidine rings is 1. The van der Waals surface area contributed by atoms with E-state index in [9.17, 15) is 9.59 Å². The molecule has 0 aromatic carbocycles. The number of rotatable bonds is 6. The zero-order valence-electron chi connectivity index (χ0n) is 16.6. The lowest BCUT2D eigenvalue weighted by Crippen LogP contribution is -2.42. The van der Waals surface area contributed by atoms with Gasteiger partial charge in [0.2, 0.25) is 11.8 Å². The van der Waals surface area contributed by atoms with Crippen LogP contribution in [-0.4, -0.2) is 64.4 Å². The average Bonchev–Trinajstić information content (AvgIpc) is 3.32. The topological polar surface area (TPSA) is 88.8 Å². The van der Waals surface area contributed by atoms with E-state index >= 15 is 0 Å². The first-order chi connectivity index (χ1) is 14.1. The van der Waals surface area contributed by atoms with Crippen molar-refractivity contribution >= 4 is 11.8 Å². The zero-order valence-corrected chi connectivity index (χ0v) is 16.6. The molecule has 2 fully saturated rings. The normalized spacial score (nSPS) is 20.3. The van der Waals surface area contributed by atoms with Gasteiger partial charge in [0.15, 0.2) is 0 Å². The fourth-order valence-corrected chi connectivity index (χ4v) is 4.11. The lowest BCUT2D eigenvalue weighted by Gasteiger charge is -2.34. The van der Waals surface area contributed by atoms with Crippen molar-refractivity contribution in [2.75, 3.05) is 32.8 Å². The van der Waals surface area contributed by atoms with E-state index in [-0.39, 0.29) is 17.7 Å². The van der Waals surface area contributed by atoms with Gasteiger partial charge < -0.3 is 19.0 Å². The molecule has 0 aliphatic carbocycles. The van der Waals surface area contributed by atoms with Crippen molar-refractivity contribution < 1.29 is 18.7 Å². The second-order valence-electron chi connectivity index (χ2n) is 7.85. The Kier molecular flexibility index (Phi) is 5.78. The Morgan fingerprint density at radius 2 is 2.10 bits per heavy atom. The lowest BCUT2D eigenvalue weighted by atomic mass is 9.95. The van der Waals surface area contributed by atoms with E-state index in [1.165, 1.54) is 0 Å². The van der Waals surface area contributed by atoms with Gasteiger partial charge in [0, 0.05) is 50.9 Å². The van der Waals surface area contributed by atoms with Gasteiger partial charge in [-0.25, -0.2) is 4.98 Å². The van der Waals surface area contributed by atoms with E-state index in [0.29, 0.717) is 42.7 Å². The minimum atomic E-state index is 0.0353. The van der Waals surface area contributed by atoms with E-state index < -0.39 is 0 Å². The summed E-state index contributed by atoms with van der Waals surface area (Å²) in [6.45, 7) is 5.19. The molecule has 0 saturated carbocycles. The summed E-state index contributed by atoms with van der Waals surface area (Å²) in [5, 5.41) is 0. The van der Waals surface area contributed by atoms with Crippen LogP contribution in [0.3, 0.4) is 0 Å². The molecular weight excluding hydrogens is 372 g/mol. The molecule has 4 rings (SSSR count). The first-order valence-electron chi connectivity index (χ1n) is 10.1. The molecule has 154 valence electrons. The van der Waals surface area contributed by atoms with Gasteiger partial charge in [-0.05, 0) is 31.7 Å². The molecule has 1 atom stereocenters. The first kappa shape index (κ1) is 19.4. The number of furan rings is 1. The van der Waals surface area contributed by atoms with Crippen LogP contribution >= 0.6 is 0 Å². The zero-order chi connectivity index (χ0) is 20.2. The van der Waals surface area contributed by atoms with Gasteiger partial charge in [-0.3, -0.25) is 14.6 Å². The minimum Gasteiger partial charge on any atom is -0.476 e. The maximum atomic E-state index is 12.6. The molecule has 0 spiro atoms. The van der Waals surface area contributed by atoms with Crippen LogP contribution in [0.25, 0.3) is 0 Å². The largest absolute Gasteiger partial charge is 0.476 e. The number of aryl methyl sites for hydroxylation is 1. The highest BCUT2D eigenvalue weighted by Crippen LogP contribution is 2.25. The molecule has 4 heterocycles. The molecule has 2 aromatic rings. The van der Waals surface area contributed by atoms with Gasteiger partial charge in [0.1, 0.15) is 5.76 Å². The van der Waals surface area contributed by atoms with E-state index in [0.717, 1.165) is 32.5 Å². The Hall–Kier alpha value is -2.90. The third kappa shape index (κ3) is 4.58. The fraction of sp³-hybridized carbons (Fsp3) is 0.524. The van der Waals surface area contributed by atoms with E-state index in [4.69, 9.17) is 9.15 Å². The second-order valence-corrected chi connectivity index (χ2v) is 7.85. The van der Waals surface area contributed by atoms with Crippen LogP contribution in [0.15, 0.2) is 35.3 Å². The van der Waals surface area contributed by atoms with Crippen molar-refractivity contribution in [2.45, 2.75) is 26.2 Å². The van der Waals surface area contributed by atoms with Gasteiger partial charge in [-0.1, -0.05) is 0 Å². The summed E-state index contributed by atoms with van der Waals surface area (Å²) in [6, 6.07) is 1.73. The van der Waals surface area contributed by atoms with Crippen LogP contribution in [0, 0.1) is 18.8 Å². The molecular formula is C21H26N4O4. The van der Waals surface area contributed by atoms with E-state index in [1.54, 1.807) is 30.9 Å². The van der Waals surface area contributed by atoms with E-state index in [1.807, 2.05) is 16.7 Å². The van der Waals surface area contributed by atoms with Crippen molar-refractivity contribution in [3.8, 4) is 5.88 Å². The summed E-state index contributed by atoms with van der Waals surface area (Å²) in [5.74, 6) is 1.97. The fourth-order valence-electron chi connectivity index (χ4n) is 4.11. The van der Waals surface area contributed by atoms with Crippen molar-refractivity contribution in [1.29, 1.82) is 0 Å². The van der Waals surface area contributed by atoms with Crippen LogP contribution in [0.4, 0.5) is 0 Å². The highest BCUT2D eigenvalue weighted by molar-refractivity contribution is 5.95. The van der Waals surface area contributed by atoms with Crippen LogP contribution < -0.4 is 4.74 Å². The van der Waals surface area contributed by atoms with Crippen LogP contribution in [-0.2, 0) is 4.79 Å². The second kappa shape index (κ2) is 8.63. The lowest BCUT2D eigenvalue weighted by molar-refractivity contribution is -0.128. The Morgan fingerprint density at radius 3 is 2.79 bits per heavy atom. The number of amides is 2. The molecule has 0 bridgehead atoms. The number of carbonyl (C=O) groups excluding carboxylic acids is 2. The Morgan fingerprint density at radius 1 is 1.28 bits per heavy atom. The summed E-state index contributed by atoms with van der Waals surface area (Å²) in [5.41, 5.74) is 0.643. The molecule has 0 radical (unpaired) electrons. The molecule has 0 N–H and O–H groups in total. The highest BCUT2D eigenvalue weighted by Gasteiger charge is 2.33. The highest BCUT2D eigenvalue weighted by atomic mass is 16.5. The van der Waals surface area contributed by atoms with E-state index in [2.05, 4.69) is 9.97 Å². The number of ether oxygens (including phenoxy) is 1. The van der Waals surface area contributed by atoms with Crippen molar-refractivity contribution in [2.24, 2.45) is 11.8 Å². The van der Waals surface area contributed by atoms with Crippen LogP contribution in [0.5, 0.6) is 5.88 Å². The predicted molar refractivity (Wildman–Crippen MR) is 104 cm³/mol. The maximum Gasteiger partial charge on any atom is 0.257 e. The molecule has 29 heavy (non-hydrogen) atoms. The molecule has 2 aromatic heterocycles. The summed E-state index contributed by atoms with van der Waals surface area (Å²) in [6.07, 6.45) is 8.65. The monoisotopic (exact) mass is 398 g/mol.